The number of rotatable bonds is 1. The average molecular weight is 147 g/mol. The summed E-state index contributed by atoms with van der Waals surface area (Å²) in [6.45, 7) is 6.22. The van der Waals surface area contributed by atoms with Gasteiger partial charge in [-0.3, -0.25) is 4.98 Å². The highest BCUT2D eigenvalue weighted by Gasteiger charge is 1.88. The van der Waals surface area contributed by atoms with Gasteiger partial charge in [0.1, 0.15) is 0 Å². The number of nitrogens with zero attached hydrogens (tertiary/aromatic N) is 1. The van der Waals surface area contributed by atoms with Crippen molar-refractivity contribution in [3.05, 3.63) is 35.2 Å². The molecule has 1 aromatic rings. The highest BCUT2D eigenvalue weighted by atomic mass is 14.7. The number of aryl methyl sites for hydroxylation is 1. The summed E-state index contributed by atoms with van der Waals surface area (Å²) in [6, 6.07) is 4.08. The molecule has 1 nitrogen and oxygen atoms in total. The van der Waals surface area contributed by atoms with E-state index in [2.05, 4.69) is 37.9 Å². The Hall–Kier alpha value is -1.11. The summed E-state index contributed by atoms with van der Waals surface area (Å²) in [5, 5.41) is 0. The van der Waals surface area contributed by atoms with Crippen LogP contribution in [0.3, 0.4) is 0 Å². The second-order valence-corrected chi connectivity index (χ2v) is 2.98. The molecule has 1 rings (SSSR count). The number of hydrogen-bond acceptors (Lipinski definition) is 1. The third kappa shape index (κ3) is 2.54. The molecule has 0 saturated carbocycles. The van der Waals surface area contributed by atoms with Crippen molar-refractivity contribution in [2.45, 2.75) is 20.8 Å². The van der Waals surface area contributed by atoms with Gasteiger partial charge in [-0.2, -0.15) is 0 Å². The lowest BCUT2D eigenvalue weighted by molar-refractivity contribution is 1.25. The minimum atomic E-state index is 1.05. The van der Waals surface area contributed by atoms with Gasteiger partial charge in [-0.05, 0) is 44.5 Å². The Morgan fingerprint density at radius 3 is 2.73 bits per heavy atom. The van der Waals surface area contributed by atoms with Gasteiger partial charge in [-0.15, -0.1) is 0 Å². The first-order valence-corrected chi connectivity index (χ1v) is 3.76. The highest BCUT2D eigenvalue weighted by Crippen LogP contribution is 2.04. The molecule has 58 valence electrons. The van der Waals surface area contributed by atoms with Gasteiger partial charge in [0.05, 0.1) is 5.69 Å². The van der Waals surface area contributed by atoms with Gasteiger partial charge >= 0.3 is 0 Å². The maximum absolute atomic E-state index is 4.20. The van der Waals surface area contributed by atoms with Crippen LogP contribution in [0.4, 0.5) is 0 Å². The first-order chi connectivity index (χ1) is 5.18. The normalized spacial score (nSPS) is 9.36. The van der Waals surface area contributed by atoms with Crippen molar-refractivity contribution < 1.29 is 0 Å². The quantitative estimate of drug-likeness (QED) is 0.595. The van der Waals surface area contributed by atoms with Gasteiger partial charge in [0, 0.05) is 6.20 Å². The van der Waals surface area contributed by atoms with Gasteiger partial charge < -0.3 is 0 Å². The third-order valence-corrected chi connectivity index (χ3v) is 1.37. The van der Waals surface area contributed by atoms with E-state index in [4.69, 9.17) is 0 Å². The Bertz CT molecular complexity index is 270. The zero-order chi connectivity index (χ0) is 8.27. The molecule has 0 fully saturated rings. The lowest BCUT2D eigenvalue weighted by Gasteiger charge is -1.94. The zero-order valence-electron chi connectivity index (χ0n) is 7.26. The average Bonchev–Trinajstić information content (AvgIpc) is 1.85. The fraction of sp³-hybridized carbons (Fsp3) is 0.300. The lowest BCUT2D eigenvalue weighted by Crippen LogP contribution is -1.81. The molecule has 0 N–H and O–H groups in total. The molecule has 0 amide bonds. The molecule has 0 bridgehead atoms. The minimum absolute atomic E-state index is 1.05. The van der Waals surface area contributed by atoms with Gasteiger partial charge in [-0.25, -0.2) is 0 Å². The largest absolute Gasteiger partial charge is 0.257 e. The SMILES string of the molecule is CC(C)=Cc1cc(C)ccn1. The predicted octanol–water partition coefficient (Wildman–Crippen LogP) is 2.81. The predicted molar refractivity (Wildman–Crippen MR) is 48.3 cm³/mol. The van der Waals surface area contributed by atoms with E-state index >= 15 is 0 Å². The van der Waals surface area contributed by atoms with E-state index in [9.17, 15) is 0 Å². The Labute approximate surface area is 67.8 Å². The molecule has 0 saturated heterocycles. The first kappa shape index (κ1) is 7.99. The van der Waals surface area contributed by atoms with E-state index in [1.807, 2.05) is 12.3 Å². The Balaban J connectivity index is 2.97. The van der Waals surface area contributed by atoms with Crippen LogP contribution in [0.25, 0.3) is 6.08 Å². The fourth-order valence-electron chi connectivity index (χ4n) is 0.934. The van der Waals surface area contributed by atoms with Crippen molar-refractivity contribution in [1.82, 2.24) is 4.98 Å². The van der Waals surface area contributed by atoms with E-state index in [1.54, 1.807) is 0 Å². The van der Waals surface area contributed by atoms with Crippen molar-refractivity contribution in [1.29, 1.82) is 0 Å². The maximum atomic E-state index is 4.20. The summed E-state index contributed by atoms with van der Waals surface area (Å²) in [7, 11) is 0. The van der Waals surface area contributed by atoms with Crippen LogP contribution < -0.4 is 0 Å². The third-order valence-electron chi connectivity index (χ3n) is 1.37. The molecule has 0 aliphatic carbocycles. The molecule has 0 aliphatic heterocycles. The number of aromatic nitrogens is 1. The molecule has 0 spiro atoms. The van der Waals surface area contributed by atoms with Crippen LogP contribution in [-0.2, 0) is 0 Å². The molecule has 0 radical (unpaired) electrons. The minimum Gasteiger partial charge on any atom is -0.257 e. The van der Waals surface area contributed by atoms with Crippen molar-refractivity contribution in [2.75, 3.05) is 0 Å². The summed E-state index contributed by atoms with van der Waals surface area (Å²) < 4.78 is 0. The second-order valence-electron chi connectivity index (χ2n) is 2.98. The highest BCUT2D eigenvalue weighted by molar-refractivity contribution is 5.48. The Morgan fingerprint density at radius 2 is 2.18 bits per heavy atom. The number of pyridine rings is 1. The fourth-order valence-corrected chi connectivity index (χ4v) is 0.934. The van der Waals surface area contributed by atoms with Crippen LogP contribution in [-0.4, -0.2) is 4.98 Å². The first-order valence-electron chi connectivity index (χ1n) is 3.76. The van der Waals surface area contributed by atoms with Crippen molar-refractivity contribution in [3.8, 4) is 0 Å². The topological polar surface area (TPSA) is 12.9 Å². The molecule has 1 heteroatoms. The molecule has 0 unspecified atom stereocenters. The molecule has 0 atom stereocenters. The molecule has 0 aliphatic rings. The molecule has 0 aromatic carbocycles. The van der Waals surface area contributed by atoms with Gasteiger partial charge in [0.2, 0.25) is 0 Å². The van der Waals surface area contributed by atoms with E-state index in [1.165, 1.54) is 11.1 Å². The van der Waals surface area contributed by atoms with Crippen LogP contribution in [0.15, 0.2) is 23.9 Å². The van der Waals surface area contributed by atoms with Crippen molar-refractivity contribution in [3.63, 3.8) is 0 Å². The van der Waals surface area contributed by atoms with Gasteiger partial charge in [-0.1, -0.05) is 5.57 Å². The zero-order valence-corrected chi connectivity index (χ0v) is 7.26. The summed E-state index contributed by atoms with van der Waals surface area (Å²) in [4.78, 5) is 4.20. The molecular formula is C10H13N. The van der Waals surface area contributed by atoms with E-state index in [0.29, 0.717) is 0 Å². The number of hydrogen-bond donors (Lipinski definition) is 0. The smallest absolute Gasteiger partial charge is 0.0631 e. The molecule has 1 heterocycles. The lowest BCUT2D eigenvalue weighted by atomic mass is 10.2. The molecule has 11 heavy (non-hydrogen) atoms. The summed E-state index contributed by atoms with van der Waals surface area (Å²) >= 11 is 0. The summed E-state index contributed by atoms with van der Waals surface area (Å²) in [5.41, 5.74) is 3.58. The van der Waals surface area contributed by atoms with E-state index in [0.717, 1.165) is 5.69 Å². The number of allylic oxidation sites excluding steroid dienone is 1. The van der Waals surface area contributed by atoms with Crippen LogP contribution in [0.1, 0.15) is 25.1 Å². The Morgan fingerprint density at radius 1 is 1.45 bits per heavy atom. The van der Waals surface area contributed by atoms with Crippen LogP contribution in [0, 0.1) is 6.92 Å². The van der Waals surface area contributed by atoms with E-state index in [-0.39, 0.29) is 0 Å². The van der Waals surface area contributed by atoms with Gasteiger partial charge in [0.15, 0.2) is 0 Å². The summed E-state index contributed by atoms with van der Waals surface area (Å²) in [5.74, 6) is 0. The molecule has 1 aromatic heterocycles. The van der Waals surface area contributed by atoms with Crippen molar-refractivity contribution >= 4 is 6.08 Å². The van der Waals surface area contributed by atoms with Crippen LogP contribution >= 0.6 is 0 Å². The maximum Gasteiger partial charge on any atom is 0.0631 e. The molecular weight excluding hydrogens is 134 g/mol. The van der Waals surface area contributed by atoms with Crippen molar-refractivity contribution in [2.24, 2.45) is 0 Å². The monoisotopic (exact) mass is 147 g/mol. The summed E-state index contributed by atoms with van der Waals surface area (Å²) in [6.07, 6.45) is 3.91. The van der Waals surface area contributed by atoms with Crippen LogP contribution in [0.2, 0.25) is 0 Å². The Kier molecular flexibility index (Phi) is 2.42. The standard InChI is InChI=1S/C10H13N/c1-8(2)6-10-7-9(3)4-5-11-10/h4-7H,1-3H3. The van der Waals surface area contributed by atoms with E-state index < -0.39 is 0 Å². The van der Waals surface area contributed by atoms with Crippen LogP contribution in [0.5, 0.6) is 0 Å². The second kappa shape index (κ2) is 3.33. The van der Waals surface area contributed by atoms with Gasteiger partial charge in [0.25, 0.3) is 0 Å².